The molecule has 0 bridgehead atoms. The number of piperazine rings is 1. The summed E-state index contributed by atoms with van der Waals surface area (Å²) in [6.07, 6.45) is 4.83. The Balaban J connectivity index is 1.25. The van der Waals surface area contributed by atoms with E-state index in [9.17, 15) is 0 Å². The molecule has 2 aliphatic rings. The van der Waals surface area contributed by atoms with Crippen LogP contribution in [0.4, 0.5) is 5.82 Å². The first-order chi connectivity index (χ1) is 13.7. The van der Waals surface area contributed by atoms with Crippen molar-refractivity contribution in [2.24, 2.45) is 0 Å². The van der Waals surface area contributed by atoms with E-state index in [2.05, 4.69) is 20.9 Å². The number of aryl methyl sites for hydroxylation is 2. The van der Waals surface area contributed by atoms with Crippen molar-refractivity contribution in [1.29, 1.82) is 0 Å². The number of nitrogen functional groups attached to an aromatic ring is 1. The highest BCUT2D eigenvalue weighted by Gasteiger charge is 2.22. The van der Waals surface area contributed by atoms with Crippen LogP contribution in [0.1, 0.15) is 34.0 Å². The van der Waals surface area contributed by atoms with Crippen molar-refractivity contribution in [3.05, 3.63) is 37.6 Å². The van der Waals surface area contributed by atoms with Crippen LogP contribution < -0.4 is 5.73 Å². The second-order valence-corrected chi connectivity index (χ2v) is 10.6. The van der Waals surface area contributed by atoms with Crippen LogP contribution in [0.5, 0.6) is 0 Å². The number of hydrogen-bond acceptors (Lipinski definition) is 7. The maximum atomic E-state index is 6.36. The third kappa shape index (κ3) is 3.78. The number of thiophene rings is 2. The van der Waals surface area contributed by atoms with Crippen LogP contribution in [0.15, 0.2) is 12.1 Å². The van der Waals surface area contributed by atoms with Crippen LogP contribution in [-0.4, -0.2) is 45.9 Å². The van der Waals surface area contributed by atoms with E-state index in [0.717, 1.165) is 66.1 Å². The molecule has 1 saturated heterocycles. The van der Waals surface area contributed by atoms with Crippen molar-refractivity contribution in [2.45, 2.75) is 38.8 Å². The Labute approximate surface area is 178 Å². The fourth-order valence-corrected chi connectivity index (χ4v) is 6.68. The largest absolute Gasteiger partial charge is 0.383 e. The van der Waals surface area contributed by atoms with E-state index in [1.54, 1.807) is 11.3 Å². The summed E-state index contributed by atoms with van der Waals surface area (Å²) in [6, 6.07) is 4.12. The van der Waals surface area contributed by atoms with Gasteiger partial charge in [0.2, 0.25) is 0 Å². The molecule has 3 aromatic heterocycles. The van der Waals surface area contributed by atoms with Crippen molar-refractivity contribution in [1.82, 2.24) is 19.8 Å². The van der Waals surface area contributed by atoms with E-state index < -0.39 is 0 Å². The molecule has 1 fully saturated rings. The Morgan fingerprint density at radius 1 is 0.964 bits per heavy atom. The summed E-state index contributed by atoms with van der Waals surface area (Å²) in [5.74, 6) is 1.54. The van der Waals surface area contributed by atoms with Crippen LogP contribution in [0, 0.1) is 0 Å². The van der Waals surface area contributed by atoms with Crippen LogP contribution in [-0.2, 0) is 25.9 Å². The summed E-state index contributed by atoms with van der Waals surface area (Å²) >= 11 is 9.55. The van der Waals surface area contributed by atoms with Gasteiger partial charge < -0.3 is 5.73 Å². The lowest BCUT2D eigenvalue weighted by atomic mass is 9.97. The fraction of sp³-hybridized carbons (Fsp3) is 0.500. The van der Waals surface area contributed by atoms with Gasteiger partial charge in [0.15, 0.2) is 0 Å². The molecule has 2 N–H and O–H groups in total. The predicted molar refractivity (Wildman–Crippen MR) is 118 cm³/mol. The summed E-state index contributed by atoms with van der Waals surface area (Å²) in [5, 5.41) is 1.13. The van der Waals surface area contributed by atoms with Crippen LogP contribution in [0.25, 0.3) is 10.2 Å². The lowest BCUT2D eigenvalue weighted by molar-refractivity contribution is 0.121. The molecule has 1 aliphatic heterocycles. The molecule has 0 atom stereocenters. The molecule has 0 radical (unpaired) electrons. The molecule has 0 unspecified atom stereocenters. The average molecular weight is 434 g/mol. The maximum absolute atomic E-state index is 6.36. The van der Waals surface area contributed by atoms with Crippen LogP contribution >= 0.6 is 34.3 Å². The van der Waals surface area contributed by atoms with Gasteiger partial charge in [-0.15, -0.1) is 22.7 Å². The molecular weight excluding hydrogens is 410 g/mol. The first-order valence-corrected chi connectivity index (χ1v) is 11.9. The molecule has 3 aromatic rings. The molecule has 5 nitrogen and oxygen atoms in total. The summed E-state index contributed by atoms with van der Waals surface area (Å²) in [7, 11) is 0. The first kappa shape index (κ1) is 18.8. The van der Waals surface area contributed by atoms with Gasteiger partial charge in [0.25, 0.3) is 0 Å². The third-order valence-electron chi connectivity index (χ3n) is 5.73. The third-order valence-corrected chi connectivity index (χ3v) is 8.13. The van der Waals surface area contributed by atoms with Crippen molar-refractivity contribution in [2.75, 3.05) is 31.9 Å². The Bertz CT molecular complexity index is 990. The Morgan fingerprint density at radius 2 is 1.71 bits per heavy atom. The Morgan fingerprint density at radius 3 is 2.46 bits per heavy atom. The SMILES string of the molecule is Nc1nc(CN2CCN(Cc3ccc(Cl)s3)CC2)nc2sc3c(c12)CCCC3. The molecule has 4 heterocycles. The molecule has 0 saturated carbocycles. The van der Waals surface area contributed by atoms with Crippen molar-refractivity contribution in [3.63, 3.8) is 0 Å². The molecule has 148 valence electrons. The molecule has 1 aliphatic carbocycles. The standard InChI is InChI=1S/C20H24ClN5S2/c21-16-6-5-13(27-16)11-25-7-9-26(10-8-25)12-17-23-19(22)18-14-3-1-2-4-15(14)28-20(18)24-17/h5-6H,1-4,7-12H2,(H2,22,23,24). The first-order valence-electron chi connectivity index (χ1n) is 9.91. The van der Waals surface area contributed by atoms with E-state index in [1.165, 1.54) is 34.6 Å². The van der Waals surface area contributed by atoms with E-state index in [0.29, 0.717) is 5.82 Å². The van der Waals surface area contributed by atoms with E-state index in [1.807, 2.05) is 17.4 Å². The van der Waals surface area contributed by atoms with Gasteiger partial charge in [0, 0.05) is 42.5 Å². The highest BCUT2D eigenvalue weighted by atomic mass is 35.5. The fourth-order valence-electron chi connectivity index (χ4n) is 4.26. The second-order valence-electron chi connectivity index (χ2n) is 7.67. The zero-order valence-corrected chi connectivity index (χ0v) is 18.2. The number of anilines is 1. The number of hydrogen-bond donors (Lipinski definition) is 1. The van der Waals surface area contributed by atoms with Gasteiger partial charge >= 0.3 is 0 Å². The minimum atomic E-state index is 0.674. The zero-order chi connectivity index (χ0) is 19.1. The molecule has 5 rings (SSSR count). The molecule has 0 spiro atoms. The van der Waals surface area contributed by atoms with Crippen LogP contribution in [0.3, 0.4) is 0 Å². The molecular formula is C20H24ClN5S2. The van der Waals surface area contributed by atoms with E-state index >= 15 is 0 Å². The minimum absolute atomic E-state index is 0.674. The molecule has 8 heteroatoms. The van der Waals surface area contributed by atoms with Gasteiger partial charge in [-0.2, -0.15) is 0 Å². The summed E-state index contributed by atoms with van der Waals surface area (Å²) < 4.78 is 0.869. The van der Waals surface area contributed by atoms with Crippen LogP contribution in [0.2, 0.25) is 4.34 Å². The summed E-state index contributed by atoms with van der Waals surface area (Å²) in [5.41, 5.74) is 7.77. The summed E-state index contributed by atoms with van der Waals surface area (Å²) in [6.45, 7) is 5.94. The number of fused-ring (bicyclic) bond motifs is 3. The highest BCUT2D eigenvalue weighted by Crippen LogP contribution is 2.37. The Hall–Kier alpha value is -1.25. The van der Waals surface area contributed by atoms with E-state index in [-0.39, 0.29) is 0 Å². The number of rotatable bonds is 4. The van der Waals surface area contributed by atoms with Crippen molar-refractivity contribution >= 4 is 50.3 Å². The normalized spacial score (nSPS) is 18.6. The monoisotopic (exact) mass is 433 g/mol. The van der Waals surface area contributed by atoms with Gasteiger partial charge in [-0.1, -0.05) is 11.6 Å². The zero-order valence-electron chi connectivity index (χ0n) is 15.8. The number of aromatic nitrogens is 2. The smallest absolute Gasteiger partial charge is 0.146 e. The molecule has 28 heavy (non-hydrogen) atoms. The minimum Gasteiger partial charge on any atom is -0.383 e. The quantitative estimate of drug-likeness (QED) is 0.668. The number of nitrogens with zero attached hydrogens (tertiary/aromatic N) is 4. The van der Waals surface area contributed by atoms with Gasteiger partial charge in [-0.05, 0) is 43.4 Å². The predicted octanol–water partition coefficient (Wildman–Crippen LogP) is 4.19. The van der Waals surface area contributed by atoms with Crippen molar-refractivity contribution in [3.8, 4) is 0 Å². The van der Waals surface area contributed by atoms with E-state index in [4.69, 9.17) is 22.3 Å². The molecule has 0 amide bonds. The lowest BCUT2D eigenvalue weighted by Crippen LogP contribution is -2.45. The van der Waals surface area contributed by atoms with Crippen molar-refractivity contribution < 1.29 is 0 Å². The number of nitrogens with two attached hydrogens (primary N) is 1. The Kier molecular flexibility index (Phi) is 5.28. The second kappa shape index (κ2) is 7.88. The summed E-state index contributed by atoms with van der Waals surface area (Å²) in [4.78, 5) is 18.4. The molecule has 0 aromatic carbocycles. The topological polar surface area (TPSA) is 58.3 Å². The average Bonchev–Trinajstić information content (AvgIpc) is 3.26. The highest BCUT2D eigenvalue weighted by molar-refractivity contribution is 7.19. The van der Waals surface area contributed by atoms with Gasteiger partial charge in [-0.3, -0.25) is 9.80 Å². The number of halogens is 1. The van der Waals surface area contributed by atoms with Gasteiger partial charge in [0.05, 0.1) is 16.3 Å². The maximum Gasteiger partial charge on any atom is 0.146 e. The van der Waals surface area contributed by atoms with Gasteiger partial charge in [0.1, 0.15) is 16.5 Å². The van der Waals surface area contributed by atoms with Gasteiger partial charge in [-0.25, -0.2) is 9.97 Å². The lowest BCUT2D eigenvalue weighted by Gasteiger charge is -2.34.